The quantitative estimate of drug-likeness (QED) is 0.674. The number of para-hydroxylation sites is 1. The third-order valence-electron chi connectivity index (χ3n) is 5.38. The Kier molecular flexibility index (Phi) is 5.88. The molecule has 1 aromatic heterocycles. The van der Waals surface area contributed by atoms with Crippen LogP contribution in [0.15, 0.2) is 48.5 Å². The maximum Gasteiger partial charge on any atom is 0.275 e. The maximum atomic E-state index is 12.6. The average molecular weight is 397 g/mol. The van der Waals surface area contributed by atoms with E-state index in [0.29, 0.717) is 19.1 Å². The molecule has 2 heterocycles. The van der Waals surface area contributed by atoms with Gasteiger partial charge in [-0.3, -0.25) is 4.79 Å². The number of nitrogens with one attached hydrogen (secondary N) is 2. The molecule has 146 valence electrons. The number of thiazole rings is 1. The number of aromatic nitrogens is 1. The number of quaternary nitrogens is 1. The molecule has 3 aromatic rings. The second-order valence-corrected chi connectivity index (χ2v) is 8.34. The number of rotatable bonds is 6. The predicted octanol–water partition coefficient (Wildman–Crippen LogP) is 2.73. The first-order valence-corrected chi connectivity index (χ1v) is 10.6. The number of benzene rings is 2. The van der Waals surface area contributed by atoms with Crippen LogP contribution in [0, 0.1) is 0 Å². The SMILES string of the molecule is COc1ccc(CNC(=O)C[NH+]2CCCC[C@H]2c2nc3ccccc3s2)cc1. The number of fused-ring (bicyclic) bond motifs is 1. The van der Waals surface area contributed by atoms with Crippen molar-refractivity contribution >= 4 is 27.5 Å². The molecule has 2 aromatic carbocycles. The van der Waals surface area contributed by atoms with Gasteiger partial charge < -0.3 is 15.0 Å². The summed E-state index contributed by atoms with van der Waals surface area (Å²) in [5, 5.41) is 4.23. The lowest BCUT2D eigenvalue weighted by Crippen LogP contribution is -3.14. The molecule has 6 heteroatoms. The summed E-state index contributed by atoms with van der Waals surface area (Å²) in [7, 11) is 1.65. The molecule has 0 bridgehead atoms. The summed E-state index contributed by atoms with van der Waals surface area (Å²) in [5.41, 5.74) is 2.14. The van der Waals surface area contributed by atoms with Gasteiger partial charge in [-0.2, -0.15) is 0 Å². The van der Waals surface area contributed by atoms with Gasteiger partial charge in [-0.1, -0.05) is 24.3 Å². The number of carbonyl (C=O) groups excluding carboxylic acids is 1. The van der Waals surface area contributed by atoms with Crippen LogP contribution in [0.3, 0.4) is 0 Å². The zero-order valence-corrected chi connectivity index (χ0v) is 16.9. The smallest absolute Gasteiger partial charge is 0.275 e. The standard InChI is InChI=1S/C22H25N3O2S/c1-27-17-11-9-16(10-12-17)14-23-21(26)15-25-13-5-4-7-19(25)22-24-18-6-2-3-8-20(18)28-22/h2-3,6,8-12,19H,4-5,7,13-15H2,1H3,(H,23,26)/p+1/t19-/m0/s1. The van der Waals surface area contributed by atoms with Gasteiger partial charge >= 0.3 is 0 Å². The normalized spacial score (nSPS) is 19.5. The Bertz CT molecular complexity index is 905. The van der Waals surface area contributed by atoms with Gasteiger partial charge in [0.05, 0.1) is 23.9 Å². The summed E-state index contributed by atoms with van der Waals surface area (Å²) in [4.78, 5) is 18.8. The van der Waals surface area contributed by atoms with Crippen LogP contribution in [0.2, 0.25) is 0 Å². The van der Waals surface area contributed by atoms with E-state index in [2.05, 4.69) is 23.5 Å². The third kappa shape index (κ3) is 4.34. The number of likely N-dealkylation sites (tertiary alicyclic amines) is 1. The van der Waals surface area contributed by atoms with Gasteiger partial charge in [-0.05, 0) is 42.7 Å². The van der Waals surface area contributed by atoms with Crippen LogP contribution in [0.4, 0.5) is 0 Å². The number of carbonyl (C=O) groups is 1. The minimum absolute atomic E-state index is 0.0961. The highest BCUT2D eigenvalue weighted by Crippen LogP contribution is 2.28. The van der Waals surface area contributed by atoms with Crippen LogP contribution in [-0.2, 0) is 11.3 Å². The van der Waals surface area contributed by atoms with E-state index in [1.54, 1.807) is 18.4 Å². The van der Waals surface area contributed by atoms with Crippen LogP contribution in [0.1, 0.15) is 35.9 Å². The molecule has 28 heavy (non-hydrogen) atoms. The second-order valence-electron chi connectivity index (χ2n) is 7.28. The Morgan fingerprint density at radius 3 is 2.82 bits per heavy atom. The van der Waals surface area contributed by atoms with Gasteiger partial charge in [-0.15, -0.1) is 11.3 Å². The molecule has 4 rings (SSSR count). The molecule has 2 N–H and O–H groups in total. The number of methoxy groups -OCH3 is 1. The molecule has 1 unspecified atom stereocenters. The molecule has 1 fully saturated rings. The number of hydrogen-bond acceptors (Lipinski definition) is 4. The summed E-state index contributed by atoms with van der Waals surface area (Å²) in [6, 6.07) is 16.4. The zero-order valence-electron chi connectivity index (χ0n) is 16.1. The molecule has 1 amide bonds. The molecule has 0 saturated carbocycles. The van der Waals surface area contributed by atoms with E-state index < -0.39 is 0 Å². The third-order valence-corrected chi connectivity index (χ3v) is 6.53. The lowest BCUT2D eigenvalue weighted by Gasteiger charge is -2.30. The fourth-order valence-electron chi connectivity index (χ4n) is 3.84. The van der Waals surface area contributed by atoms with E-state index in [0.717, 1.165) is 29.8 Å². The van der Waals surface area contributed by atoms with Crippen molar-refractivity contribution in [2.75, 3.05) is 20.2 Å². The van der Waals surface area contributed by atoms with Gasteiger partial charge in [0.15, 0.2) is 11.6 Å². The Labute approximate surface area is 169 Å². The van der Waals surface area contributed by atoms with E-state index in [1.807, 2.05) is 30.3 Å². The van der Waals surface area contributed by atoms with E-state index in [9.17, 15) is 4.79 Å². The lowest BCUT2D eigenvalue weighted by molar-refractivity contribution is -0.929. The molecule has 0 spiro atoms. The number of ether oxygens (including phenoxy) is 1. The Morgan fingerprint density at radius 1 is 1.21 bits per heavy atom. The Hall–Kier alpha value is -2.44. The van der Waals surface area contributed by atoms with Gasteiger partial charge in [0.1, 0.15) is 11.8 Å². The molecule has 0 radical (unpaired) electrons. The van der Waals surface area contributed by atoms with Crippen molar-refractivity contribution in [2.24, 2.45) is 0 Å². The Balaban J connectivity index is 1.39. The maximum absolute atomic E-state index is 12.6. The van der Waals surface area contributed by atoms with Gasteiger partial charge in [-0.25, -0.2) is 4.98 Å². The number of amides is 1. The largest absolute Gasteiger partial charge is 0.497 e. The average Bonchev–Trinajstić information content (AvgIpc) is 3.17. The van der Waals surface area contributed by atoms with Crippen molar-refractivity contribution in [3.8, 4) is 5.75 Å². The van der Waals surface area contributed by atoms with Crippen LogP contribution in [-0.4, -0.2) is 31.1 Å². The van der Waals surface area contributed by atoms with Crippen molar-refractivity contribution in [1.82, 2.24) is 10.3 Å². The van der Waals surface area contributed by atoms with Crippen molar-refractivity contribution in [3.05, 3.63) is 59.1 Å². The Morgan fingerprint density at radius 2 is 2.04 bits per heavy atom. The highest BCUT2D eigenvalue weighted by Gasteiger charge is 2.31. The van der Waals surface area contributed by atoms with Crippen molar-refractivity contribution in [3.63, 3.8) is 0 Å². The number of nitrogens with zero attached hydrogens (tertiary/aromatic N) is 1. The highest BCUT2D eigenvalue weighted by molar-refractivity contribution is 7.18. The molecular weight excluding hydrogens is 370 g/mol. The van der Waals surface area contributed by atoms with Gasteiger partial charge in [0, 0.05) is 13.0 Å². The second kappa shape index (κ2) is 8.71. The highest BCUT2D eigenvalue weighted by atomic mass is 32.1. The predicted molar refractivity (Wildman–Crippen MR) is 112 cm³/mol. The number of piperidine rings is 1. The van der Waals surface area contributed by atoms with Crippen LogP contribution >= 0.6 is 11.3 Å². The van der Waals surface area contributed by atoms with Crippen molar-refractivity contribution < 1.29 is 14.4 Å². The zero-order chi connectivity index (χ0) is 19.3. The molecule has 5 nitrogen and oxygen atoms in total. The fourth-order valence-corrected chi connectivity index (χ4v) is 5.00. The van der Waals surface area contributed by atoms with Gasteiger partial charge in [0.25, 0.3) is 5.91 Å². The minimum Gasteiger partial charge on any atom is -0.497 e. The summed E-state index contributed by atoms with van der Waals surface area (Å²) in [6.07, 6.45) is 3.47. The molecular formula is C22H26N3O2S+. The fraction of sp³-hybridized carbons (Fsp3) is 0.364. The van der Waals surface area contributed by atoms with Crippen LogP contribution < -0.4 is 15.0 Å². The molecule has 1 saturated heterocycles. The summed E-state index contributed by atoms with van der Waals surface area (Å²) in [6.45, 7) is 2.06. The monoisotopic (exact) mass is 396 g/mol. The topological polar surface area (TPSA) is 55.7 Å². The van der Waals surface area contributed by atoms with E-state index in [-0.39, 0.29) is 5.91 Å². The minimum atomic E-state index is 0.0961. The van der Waals surface area contributed by atoms with Gasteiger partial charge in [0.2, 0.25) is 0 Å². The first-order valence-electron chi connectivity index (χ1n) is 9.82. The molecule has 0 aliphatic carbocycles. The first-order chi connectivity index (χ1) is 13.7. The number of hydrogen-bond donors (Lipinski definition) is 2. The van der Waals surface area contributed by atoms with Crippen molar-refractivity contribution in [1.29, 1.82) is 0 Å². The van der Waals surface area contributed by atoms with Crippen LogP contribution in [0.5, 0.6) is 5.75 Å². The summed E-state index contributed by atoms with van der Waals surface area (Å²) in [5.74, 6) is 0.922. The van der Waals surface area contributed by atoms with E-state index >= 15 is 0 Å². The van der Waals surface area contributed by atoms with E-state index in [1.165, 1.54) is 27.4 Å². The summed E-state index contributed by atoms with van der Waals surface area (Å²) < 4.78 is 6.40. The van der Waals surface area contributed by atoms with Crippen molar-refractivity contribution in [2.45, 2.75) is 31.8 Å². The molecule has 2 atom stereocenters. The van der Waals surface area contributed by atoms with E-state index in [4.69, 9.17) is 9.72 Å². The van der Waals surface area contributed by atoms with Crippen LogP contribution in [0.25, 0.3) is 10.2 Å². The molecule has 1 aliphatic heterocycles. The first kappa shape index (κ1) is 18.9. The molecule has 1 aliphatic rings. The lowest BCUT2D eigenvalue weighted by atomic mass is 10.0. The summed E-state index contributed by atoms with van der Waals surface area (Å²) >= 11 is 1.77.